The normalized spacial score (nSPS) is 25.0. The molecule has 2 bridgehead atoms. The smallest absolute Gasteiger partial charge is 0.330 e. The molecular formula is C27H27ClN2O6. The van der Waals surface area contributed by atoms with Crippen LogP contribution in [0.3, 0.4) is 0 Å². The van der Waals surface area contributed by atoms with Crippen LogP contribution in [0.25, 0.3) is 0 Å². The van der Waals surface area contributed by atoms with E-state index in [2.05, 4.69) is 5.32 Å². The average Bonchev–Trinajstić information content (AvgIpc) is 3.56. The van der Waals surface area contributed by atoms with Gasteiger partial charge in [-0.15, -0.1) is 0 Å². The summed E-state index contributed by atoms with van der Waals surface area (Å²) in [5, 5.41) is 3.01. The minimum atomic E-state index is -1.13. The fourth-order valence-corrected chi connectivity index (χ4v) is 6.23. The number of ether oxygens (including phenoxy) is 2. The molecule has 2 aromatic carbocycles. The summed E-state index contributed by atoms with van der Waals surface area (Å²) in [7, 11) is 1.46. The van der Waals surface area contributed by atoms with Gasteiger partial charge >= 0.3 is 5.97 Å². The number of imide groups is 1. The molecule has 1 aliphatic heterocycles. The van der Waals surface area contributed by atoms with Crippen molar-refractivity contribution in [2.45, 2.75) is 31.7 Å². The van der Waals surface area contributed by atoms with Gasteiger partial charge in [-0.25, -0.2) is 4.79 Å². The topological polar surface area (TPSA) is 102 Å². The molecule has 2 aromatic rings. The highest BCUT2D eigenvalue weighted by molar-refractivity contribution is 6.31. The highest BCUT2D eigenvalue weighted by Crippen LogP contribution is 2.56. The summed E-state index contributed by atoms with van der Waals surface area (Å²) in [6, 6.07) is 12.8. The monoisotopic (exact) mass is 510 g/mol. The summed E-state index contributed by atoms with van der Waals surface area (Å²) >= 11 is 6.01. The van der Waals surface area contributed by atoms with Crippen molar-refractivity contribution in [3.8, 4) is 5.75 Å². The molecule has 36 heavy (non-hydrogen) atoms. The molecule has 3 aliphatic rings. The van der Waals surface area contributed by atoms with Crippen molar-refractivity contribution >= 4 is 41.0 Å². The second-order valence-electron chi connectivity index (χ2n) is 9.64. The largest absolute Gasteiger partial charge is 0.495 e. The van der Waals surface area contributed by atoms with Gasteiger partial charge in [0.1, 0.15) is 11.8 Å². The number of hydrogen-bond donors (Lipinski definition) is 1. The summed E-state index contributed by atoms with van der Waals surface area (Å²) in [6.45, 7) is -0.589. The van der Waals surface area contributed by atoms with E-state index < -0.39 is 24.5 Å². The van der Waals surface area contributed by atoms with Gasteiger partial charge < -0.3 is 14.8 Å². The molecule has 5 rings (SSSR count). The minimum absolute atomic E-state index is 0.121. The molecule has 0 aromatic heterocycles. The number of carbonyl (C=O) groups is 4. The fraction of sp³-hybridized carbons (Fsp3) is 0.407. The fourth-order valence-electron chi connectivity index (χ4n) is 6.05. The van der Waals surface area contributed by atoms with Crippen molar-refractivity contribution in [3.05, 3.63) is 59.1 Å². The van der Waals surface area contributed by atoms with Gasteiger partial charge in [-0.1, -0.05) is 41.9 Å². The third-order valence-electron chi connectivity index (χ3n) is 7.60. The van der Waals surface area contributed by atoms with Crippen molar-refractivity contribution in [2.24, 2.45) is 23.7 Å². The Bertz CT molecular complexity index is 1170. The van der Waals surface area contributed by atoms with Crippen LogP contribution in [0.5, 0.6) is 5.75 Å². The molecule has 1 heterocycles. The molecule has 9 heteroatoms. The third kappa shape index (κ3) is 4.46. The number of halogens is 1. The van der Waals surface area contributed by atoms with Crippen LogP contribution in [0.2, 0.25) is 5.02 Å². The first kappa shape index (κ1) is 24.3. The molecule has 188 valence electrons. The van der Waals surface area contributed by atoms with Crippen LogP contribution in [0.1, 0.15) is 24.8 Å². The Morgan fingerprint density at radius 3 is 2.36 bits per heavy atom. The number of rotatable bonds is 8. The minimum Gasteiger partial charge on any atom is -0.495 e. The first-order chi connectivity index (χ1) is 17.4. The number of hydrogen-bond acceptors (Lipinski definition) is 6. The Morgan fingerprint density at radius 1 is 1.06 bits per heavy atom. The zero-order chi connectivity index (χ0) is 25.4. The number of carbonyl (C=O) groups excluding carboxylic acids is 4. The summed E-state index contributed by atoms with van der Waals surface area (Å²) in [5.74, 6) is -1.86. The number of benzene rings is 2. The molecule has 1 saturated heterocycles. The Hall–Kier alpha value is -3.39. The van der Waals surface area contributed by atoms with Gasteiger partial charge in [0.2, 0.25) is 11.8 Å². The number of methoxy groups -OCH3 is 1. The maximum atomic E-state index is 13.4. The Labute approximate surface area is 213 Å². The van der Waals surface area contributed by atoms with Gasteiger partial charge in [0.05, 0.1) is 24.6 Å². The number of anilines is 1. The van der Waals surface area contributed by atoms with Gasteiger partial charge in [-0.3, -0.25) is 19.3 Å². The van der Waals surface area contributed by atoms with Crippen LogP contribution in [0.4, 0.5) is 5.69 Å². The highest BCUT2D eigenvalue weighted by atomic mass is 35.5. The molecule has 0 spiro atoms. The lowest BCUT2D eigenvalue weighted by Crippen LogP contribution is -2.48. The Kier molecular flexibility index (Phi) is 6.71. The SMILES string of the molecule is COc1ccc(Cl)cc1NC(=O)COC(=O)[C@@H](Cc1ccccc1)N1C(=O)[C@@H]2[C@H]3CC[C@@H](C3)[C@@H]2C1=O. The second kappa shape index (κ2) is 9.93. The van der Waals surface area contributed by atoms with Crippen molar-refractivity contribution in [3.63, 3.8) is 0 Å². The molecular weight excluding hydrogens is 484 g/mol. The maximum absolute atomic E-state index is 13.4. The summed E-state index contributed by atoms with van der Waals surface area (Å²) in [5.41, 5.74) is 1.12. The molecule has 3 amide bonds. The molecule has 0 unspecified atom stereocenters. The Morgan fingerprint density at radius 2 is 1.72 bits per heavy atom. The lowest BCUT2D eigenvalue weighted by Gasteiger charge is -2.26. The third-order valence-corrected chi connectivity index (χ3v) is 7.83. The van der Waals surface area contributed by atoms with E-state index in [9.17, 15) is 19.2 Å². The number of nitrogens with one attached hydrogen (secondary N) is 1. The van der Waals surface area contributed by atoms with Crippen molar-refractivity contribution < 1.29 is 28.7 Å². The van der Waals surface area contributed by atoms with Crippen LogP contribution >= 0.6 is 11.6 Å². The van der Waals surface area contributed by atoms with Crippen LogP contribution in [-0.4, -0.2) is 48.3 Å². The van der Waals surface area contributed by atoms with E-state index in [1.165, 1.54) is 13.2 Å². The molecule has 3 fully saturated rings. The van der Waals surface area contributed by atoms with Crippen LogP contribution in [0.15, 0.2) is 48.5 Å². The van der Waals surface area contributed by atoms with Crippen molar-refractivity contribution in [2.75, 3.05) is 19.0 Å². The van der Waals surface area contributed by atoms with Gasteiger partial charge in [-0.05, 0) is 54.9 Å². The maximum Gasteiger partial charge on any atom is 0.330 e. The molecule has 5 atom stereocenters. The molecule has 8 nitrogen and oxygen atoms in total. The molecule has 1 N–H and O–H groups in total. The number of fused-ring (bicyclic) bond motifs is 5. The van der Waals surface area contributed by atoms with Gasteiger partial charge in [-0.2, -0.15) is 0 Å². The van der Waals surface area contributed by atoms with Gasteiger partial charge in [0.15, 0.2) is 6.61 Å². The first-order valence-corrected chi connectivity index (χ1v) is 12.5. The Balaban J connectivity index is 1.32. The zero-order valence-corrected chi connectivity index (χ0v) is 20.6. The van der Waals surface area contributed by atoms with Crippen molar-refractivity contribution in [1.29, 1.82) is 0 Å². The second-order valence-corrected chi connectivity index (χ2v) is 10.1. The summed E-state index contributed by atoms with van der Waals surface area (Å²) in [4.78, 5) is 53.7. The zero-order valence-electron chi connectivity index (χ0n) is 19.8. The lowest BCUT2D eigenvalue weighted by molar-refractivity contribution is -0.160. The number of nitrogens with zero attached hydrogens (tertiary/aromatic N) is 1. The molecule has 0 radical (unpaired) electrons. The summed E-state index contributed by atoms with van der Waals surface area (Å²) in [6.07, 6.45) is 2.91. The van der Waals surface area contributed by atoms with E-state index in [1.807, 2.05) is 30.3 Å². The molecule has 2 saturated carbocycles. The van der Waals surface area contributed by atoms with Gasteiger partial charge in [0, 0.05) is 11.4 Å². The predicted octanol–water partition coefficient (Wildman–Crippen LogP) is 3.47. The summed E-state index contributed by atoms with van der Waals surface area (Å²) < 4.78 is 10.6. The predicted molar refractivity (Wildman–Crippen MR) is 131 cm³/mol. The number of likely N-dealkylation sites (tertiary alicyclic amines) is 1. The standard InChI is InChI=1S/C27H27ClN2O6/c1-35-21-10-9-18(28)13-19(21)29-22(31)14-36-27(34)20(11-15-5-3-2-4-6-15)30-25(32)23-16-7-8-17(12-16)24(23)26(30)33/h2-6,9-10,13,16-17,20,23-24H,7-8,11-12,14H2,1H3,(H,29,31)/t16-,17-,20+,23-,24+/m0/s1. The lowest BCUT2D eigenvalue weighted by atomic mass is 9.81. The number of esters is 1. The molecule has 2 aliphatic carbocycles. The van der Waals surface area contributed by atoms with Gasteiger partial charge in [0.25, 0.3) is 5.91 Å². The van der Waals surface area contributed by atoms with Crippen LogP contribution < -0.4 is 10.1 Å². The highest BCUT2D eigenvalue weighted by Gasteiger charge is 2.62. The van der Waals surface area contributed by atoms with Crippen molar-refractivity contribution in [1.82, 2.24) is 4.90 Å². The average molecular weight is 511 g/mol. The van der Waals surface area contributed by atoms with E-state index in [0.717, 1.165) is 29.7 Å². The van der Waals surface area contributed by atoms with E-state index in [1.54, 1.807) is 12.1 Å². The van der Waals surface area contributed by atoms with E-state index in [4.69, 9.17) is 21.1 Å². The quantitative estimate of drug-likeness (QED) is 0.431. The van der Waals surface area contributed by atoms with E-state index in [0.29, 0.717) is 16.5 Å². The van der Waals surface area contributed by atoms with E-state index in [-0.39, 0.29) is 41.9 Å². The number of amides is 3. The van der Waals surface area contributed by atoms with E-state index >= 15 is 0 Å². The van der Waals surface area contributed by atoms with Crippen LogP contribution in [0, 0.1) is 23.7 Å². The first-order valence-electron chi connectivity index (χ1n) is 12.1. The van der Waals surface area contributed by atoms with Crippen LogP contribution in [-0.2, 0) is 30.3 Å².